The van der Waals surface area contributed by atoms with Crippen LogP contribution in [0.1, 0.15) is 34.3 Å². The molecule has 0 saturated carbocycles. The molecule has 4 aromatic rings. The lowest BCUT2D eigenvalue weighted by Crippen LogP contribution is -2.27. The normalized spacial score (nSPS) is 17.2. The van der Waals surface area contributed by atoms with Crippen LogP contribution in [0.4, 0.5) is 0 Å². The lowest BCUT2D eigenvalue weighted by atomic mass is 10.0. The summed E-state index contributed by atoms with van der Waals surface area (Å²) in [4.78, 5) is 22.4. The minimum Gasteiger partial charge on any atom is -0.459 e. The molecule has 0 radical (unpaired) electrons. The van der Waals surface area contributed by atoms with Crippen molar-refractivity contribution in [3.63, 3.8) is 0 Å². The maximum atomic E-state index is 13.2. The summed E-state index contributed by atoms with van der Waals surface area (Å²) in [5.74, 6) is 1.25. The van der Waals surface area contributed by atoms with Crippen LogP contribution in [-0.2, 0) is 0 Å². The third kappa shape index (κ3) is 3.00. The zero-order valence-electron chi connectivity index (χ0n) is 16.3. The second-order valence-electron chi connectivity index (χ2n) is 7.25. The number of nitrogens with zero attached hydrogens (tertiary/aromatic N) is 4. The Morgan fingerprint density at radius 1 is 1.00 bits per heavy atom. The molecule has 1 atom stereocenters. The molecule has 4 heterocycles. The van der Waals surface area contributed by atoms with E-state index in [1.165, 1.54) is 11.3 Å². The van der Waals surface area contributed by atoms with Crippen molar-refractivity contribution in [3.05, 3.63) is 84.1 Å². The molecule has 6 rings (SSSR count). The van der Waals surface area contributed by atoms with Crippen LogP contribution in [0.5, 0.6) is 11.5 Å². The fraction of sp³-hybridized carbons (Fsp3) is 0.130. The summed E-state index contributed by atoms with van der Waals surface area (Å²) in [7, 11) is 0. The van der Waals surface area contributed by atoms with Gasteiger partial charge in [0.2, 0.25) is 6.79 Å². The Morgan fingerprint density at radius 2 is 1.87 bits per heavy atom. The van der Waals surface area contributed by atoms with Crippen molar-refractivity contribution in [1.29, 1.82) is 0 Å². The van der Waals surface area contributed by atoms with Gasteiger partial charge in [-0.25, -0.2) is 9.99 Å². The number of rotatable bonds is 3. The van der Waals surface area contributed by atoms with Crippen molar-refractivity contribution in [2.45, 2.75) is 12.5 Å². The summed E-state index contributed by atoms with van der Waals surface area (Å²) in [6.07, 6.45) is 3.66. The molecule has 1 amide bonds. The van der Waals surface area contributed by atoms with Crippen LogP contribution in [0.15, 0.2) is 76.6 Å². The number of amides is 1. The van der Waals surface area contributed by atoms with Crippen molar-refractivity contribution < 1.29 is 18.7 Å². The van der Waals surface area contributed by atoms with E-state index in [2.05, 4.69) is 10.1 Å². The molecular formula is C23H16N4O4. The highest BCUT2D eigenvalue weighted by molar-refractivity contribution is 6.05. The molecule has 1 unspecified atom stereocenters. The Morgan fingerprint density at radius 3 is 2.74 bits per heavy atom. The van der Waals surface area contributed by atoms with Gasteiger partial charge in [0, 0.05) is 12.0 Å². The number of hydrogen-bond donors (Lipinski definition) is 0. The van der Waals surface area contributed by atoms with Crippen LogP contribution in [0.3, 0.4) is 0 Å². The first-order chi connectivity index (χ1) is 15.3. The van der Waals surface area contributed by atoms with E-state index in [9.17, 15) is 4.79 Å². The number of carbonyl (C=O) groups excluding carboxylic acids is 1. The number of hydrogen-bond acceptors (Lipinski definition) is 7. The zero-order valence-corrected chi connectivity index (χ0v) is 16.3. The fourth-order valence-corrected chi connectivity index (χ4v) is 3.82. The SMILES string of the molecule is O=C(c1ccco1)N1N=C(c2ccc3c(c2)OCO3)CC1c1cnc2ccccc2n1. The lowest BCUT2D eigenvalue weighted by molar-refractivity contribution is 0.0675. The van der Waals surface area contributed by atoms with Gasteiger partial charge >= 0.3 is 5.91 Å². The first kappa shape index (κ1) is 17.6. The van der Waals surface area contributed by atoms with Crippen LogP contribution in [0, 0.1) is 0 Å². The third-order valence-electron chi connectivity index (χ3n) is 5.36. The maximum Gasteiger partial charge on any atom is 0.310 e. The van der Waals surface area contributed by atoms with Crippen LogP contribution < -0.4 is 9.47 Å². The van der Waals surface area contributed by atoms with Crippen LogP contribution in [-0.4, -0.2) is 33.4 Å². The molecule has 0 saturated heterocycles. The molecule has 2 aromatic carbocycles. The average Bonchev–Trinajstić information content (AvgIpc) is 3.58. The highest BCUT2D eigenvalue weighted by Gasteiger charge is 2.36. The molecule has 0 spiro atoms. The molecule has 2 aliphatic heterocycles. The Labute approximate surface area is 176 Å². The number of hydrazone groups is 1. The van der Waals surface area contributed by atoms with Gasteiger partial charge < -0.3 is 13.9 Å². The molecule has 2 aliphatic rings. The van der Waals surface area contributed by atoms with Crippen molar-refractivity contribution in [3.8, 4) is 11.5 Å². The maximum absolute atomic E-state index is 13.2. The van der Waals surface area contributed by atoms with Gasteiger partial charge in [-0.05, 0) is 42.5 Å². The molecule has 0 aliphatic carbocycles. The monoisotopic (exact) mass is 412 g/mol. The number of fused-ring (bicyclic) bond motifs is 2. The van der Waals surface area contributed by atoms with Crippen LogP contribution >= 0.6 is 0 Å². The molecule has 152 valence electrons. The van der Waals surface area contributed by atoms with E-state index < -0.39 is 6.04 Å². The van der Waals surface area contributed by atoms with E-state index in [1.807, 2.05) is 42.5 Å². The van der Waals surface area contributed by atoms with E-state index in [0.29, 0.717) is 23.6 Å². The van der Waals surface area contributed by atoms with Gasteiger partial charge in [0.15, 0.2) is 17.3 Å². The second kappa shape index (κ2) is 6.94. The highest BCUT2D eigenvalue weighted by atomic mass is 16.7. The zero-order chi connectivity index (χ0) is 20.8. The van der Waals surface area contributed by atoms with Crippen molar-refractivity contribution in [1.82, 2.24) is 15.0 Å². The summed E-state index contributed by atoms with van der Waals surface area (Å²) in [5, 5.41) is 6.08. The number of benzene rings is 2. The van der Waals surface area contributed by atoms with E-state index in [4.69, 9.17) is 18.9 Å². The number of furan rings is 1. The van der Waals surface area contributed by atoms with Crippen molar-refractivity contribution in [2.24, 2.45) is 5.10 Å². The lowest BCUT2D eigenvalue weighted by Gasteiger charge is -2.20. The average molecular weight is 412 g/mol. The smallest absolute Gasteiger partial charge is 0.310 e. The summed E-state index contributed by atoms with van der Waals surface area (Å²) in [5.41, 5.74) is 3.83. The van der Waals surface area contributed by atoms with E-state index in [-0.39, 0.29) is 18.5 Å². The Balaban J connectivity index is 1.41. The van der Waals surface area contributed by atoms with Crippen molar-refractivity contribution >= 4 is 22.7 Å². The fourth-order valence-electron chi connectivity index (χ4n) is 3.82. The van der Waals surface area contributed by atoms with Gasteiger partial charge in [0.05, 0.1) is 34.9 Å². The predicted molar refractivity (Wildman–Crippen MR) is 111 cm³/mol. The van der Waals surface area contributed by atoms with Gasteiger partial charge in [-0.1, -0.05) is 12.1 Å². The summed E-state index contributed by atoms with van der Waals surface area (Å²) < 4.78 is 16.2. The molecular weight excluding hydrogens is 396 g/mol. The first-order valence-electron chi connectivity index (χ1n) is 9.82. The minimum absolute atomic E-state index is 0.198. The van der Waals surface area contributed by atoms with Gasteiger partial charge in [-0.2, -0.15) is 5.10 Å². The van der Waals surface area contributed by atoms with Gasteiger partial charge in [-0.15, -0.1) is 0 Å². The summed E-state index contributed by atoms with van der Waals surface area (Å²) in [6, 6.07) is 16.2. The Hall–Kier alpha value is -4.20. The third-order valence-corrected chi connectivity index (χ3v) is 5.36. The molecule has 31 heavy (non-hydrogen) atoms. The summed E-state index contributed by atoms with van der Waals surface area (Å²) >= 11 is 0. The van der Waals surface area contributed by atoms with Gasteiger partial charge in [0.1, 0.15) is 6.04 Å². The first-order valence-corrected chi connectivity index (χ1v) is 9.82. The Bertz CT molecular complexity index is 1330. The highest BCUT2D eigenvalue weighted by Crippen LogP contribution is 2.37. The number of carbonyl (C=O) groups is 1. The van der Waals surface area contributed by atoms with E-state index in [0.717, 1.165) is 22.3 Å². The largest absolute Gasteiger partial charge is 0.459 e. The quantitative estimate of drug-likeness (QED) is 0.506. The predicted octanol–water partition coefficient (Wildman–Crippen LogP) is 3.94. The molecule has 0 fully saturated rings. The second-order valence-corrected chi connectivity index (χ2v) is 7.25. The molecule has 8 heteroatoms. The van der Waals surface area contributed by atoms with Gasteiger partial charge in [-0.3, -0.25) is 9.78 Å². The van der Waals surface area contributed by atoms with Gasteiger partial charge in [0.25, 0.3) is 0 Å². The number of ether oxygens (including phenoxy) is 2. The van der Waals surface area contributed by atoms with E-state index in [1.54, 1.807) is 18.3 Å². The molecule has 2 aromatic heterocycles. The van der Waals surface area contributed by atoms with Crippen LogP contribution in [0.25, 0.3) is 11.0 Å². The molecule has 0 N–H and O–H groups in total. The summed E-state index contributed by atoms with van der Waals surface area (Å²) in [6.45, 7) is 0.198. The van der Waals surface area contributed by atoms with Crippen molar-refractivity contribution in [2.75, 3.05) is 6.79 Å². The Kier molecular flexibility index (Phi) is 3.95. The van der Waals surface area contributed by atoms with Crippen LogP contribution in [0.2, 0.25) is 0 Å². The standard InChI is InChI=1S/C23H16N4O4/c28-23(21-6-3-9-29-21)27-19(18-12-24-15-4-1-2-5-16(15)25-18)11-17(26-27)14-7-8-20-22(10-14)31-13-30-20/h1-10,12,19H,11,13H2. The molecule has 0 bridgehead atoms. The number of aromatic nitrogens is 2. The molecule has 8 nitrogen and oxygen atoms in total. The minimum atomic E-state index is -0.407. The number of para-hydroxylation sites is 2. The topological polar surface area (TPSA) is 90.1 Å². The van der Waals surface area contributed by atoms with E-state index >= 15 is 0 Å².